The molecule has 2 aromatic heterocycles. The molecule has 0 amide bonds. The molecule has 0 saturated carbocycles. The van der Waals surface area contributed by atoms with Crippen LogP contribution in [0.1, 0.15) is 10.4 Å². The minimum absolute atomic E-state index is 0.677. The summed E-state index contributed by atoms with van der Waals surface area (Å²) < 4.78 is 2.61. The zero-order valence-corrected chi connectivity index (χ0v) is 11.3. The molecular formula is C10H11N3S3. The van der Waals surface area contributed by atoms with Gasteiger partial charge in [-0.25, -0.2) is 0 Å². The maximum Gasteiger partial charge on any atom is 0.195 e. The van der Waals surface area contributed by atoms with E-state index in [9.17, 15) is 0 Å². The van der Waals surface area contributed by atoms with Crippen LogP contribution in [0.25, 0.3) is 10.7 Å². The first-order valence-electron chi connectivity index (χ1n) is 5.07. The first-order chi connectivity index (χ1) is 7.75. The summed E-state index contributed by atoms with van der Waals surface area (Å²) in [6.45, 7) is 0. The largest absolute Gasteiger partial charge is 0.303 e. The Kier molecular flexibility index (Phi) is 2.65. The highest BCUT2D eigenvalue weighted by molar-refractivity contribution is 7.98. The number of thiophene rings is 1. The normalized spacial score (nSPS) is 15.1. The summed E-state index contributed by atoms with van der Waals surface area (Å²) in [4.78, 5) is 2.74. The molecule has 3 rings (SSSR count). The van der Waals surface area contributed by atoms with Gasteiger partial charge in [-0.1, -0.05) is 0 Å². The Morgan fingerprint density at radius 1 is 1.56 bits per heavy atom. The maximum absolute atomic E-state index is 5.13. The second-order valence-electron chi connectivity index (χ2n) is 3.77. The van der Waals surface area contributed by atoms with Gasteiger partial charge in [-0.3, -0.25) is 5.10 Å². The molecule has 0 bridgehead atoms. The van der Waals surface area contributed by atoms with Gasteiger partial charge >= 0.3 is 0 Å². The number of aromatic nitrogens is 3. The number of rotatable bonds is 1. The molecule has 0 aromatic carbocycles. The molecule has 1 N–H and O–H groups in total. The van der Waals surface area contributed by atoms with Crippen LogP contribution in [0.5, 0.6) is 0 Å². The predicted octanol–water partition coefficient (Wildman–Crippen LogP) is 3.00. The Labute approximate surface area is 107 Å². The van der Waals surface area contributed by atoms with Crippen molar-refractivity contribution in [2.45, 2.75) is 12.2 Å². The quantitative estimate of drug-likeness (QED) is 0.808. The van der Waals surface area contributed by atoms with Crippen molar-refractivity contribution in [3.63, 3.8) is 0 Å². The van der Waals surface area contributed by atoms with Gasteiger partial charge in [0.15, 0.2) is 10.6 Å². The monoisotopic (exact) mass is 269 g/mol. The average Bonchev–Trinajstić information content (AvgIpc) is 2.84. The summed E-state index contributed by atoms with van der Waals surface area (Å²) in [6.07, 6.45) is 1.19. The van der Waals surface area contributed by atoms with E-state index < -0.39 is 0 Å². The van der Waals surface area contributed by atoms with Crippen LogP contribution in [0.15, 0.2) is 6.07 Å². The maximum atomic E-state index is 5.13. The van der Waals surface area contributed by atoms with E-state index in [0.29, 0.717) is 4.77 Å². The van der Waals surface area contributed by atoms with E-state index in [2.05, 4.69) is 16.3 Å². The van der Waals surface area contributed by atoms with Gasteiger partial charge in [-0.05, 0) is 36.0 Å². The number of nitrogens with one attached hydrogen (secondary N) is 1. The lowest BCUT2D eigenvalue weighted by Crippen LogP contribution is -1.96. The summed E-state index contributed by atoms with van der Waals surface area (Å²) in [6, 6.07) is 2.26. The van der Waals surface area contributed by atoms with Crippen molar-refractivity contribution in [1.82, 2.24) is 14.8 Å². The molecule has 0 saturated heterocycles. The lowest BCUT2D eigenvalue weighted by molar-refractivity contribution is 0.904. The van der Waals surface area contributed by atoms with E-state index in [4.69, 9.17) is 12.2 Å². The molecule has 0 unspecified atom stereocenters. The van der Waals surface area contributed by atoms with Gasteiger partial charge < -0.3 is 4.57 Å². The summed E-state index contributed by atoms with van der Waals surface area (Å²) in [7, 11) is 1.95. The molecule has 0 atom stereocenters. The van der Waals surface area contributed by atoms with Crippen LogP contribution in [-0.2, 0) is 19.2 Å². The first kappa shape index (κ1) is 10.6. The summed E-state index contributed by atoms with van der Waals surface area (Å²) >= 11 is 8.99. The van der Waals surface area contributed by atoms with E-state index >= 15 is 0 Å². The summed E-state index contributed by atoms with van der Waals surface area (Å²) in [5.41, 5.74) is 1.48. The number of nitrogens with zero attached hydrogens (tertiary/aromatic N) is 2. The van der Waals surface area contributed by atoms with Crippen LogP contribution in [0.4, 0.5) is 0 Å². The van der Waals surface area contributed by atoms with Crippen LogP contribution >= 0.6 is 35.3 Å². The zero-order chi connectivity index (χ0) is 11.1. The fourth-order valence-corrected chi connectivity index (χ4v) is 4.35. The van der Waals surface area contributed by atoms with E-state index in [0.717, 1.165) is 11.6 Å². The van der Waals surface area contributed by atoms with Gasteiger partial charge in [0.1, 0.15) is 0 Å². The lowest BCUT2D eigenvalue weighted by atomic mass is 10.2. The lowest BCUT2D eigenvalue weighted by Gasteiger charge is -2.08. The van der Waals surface area contributed by atoms with Crippen LogP contribution in [0.2, 0.25) is 0 Å². The van der Waals surface area contributed by atoms with Gasteiger partial charge in [-0.15, -0.1) is 11.3 Å². The third-order valence-corrected chi connectivity index (χ3v) is 5.33. The van der Waals surface area contributed by atoms with E-state index in [1.54, 1.807) is 0 Å². The minimum Gasteiger partial charge on any atom is -0.303 e. The number of thioether (sulfide) groups is 1. The molecule has 16 heavy (non-hydrogen) atoms. The highest BCUT2D eigenvalue weighted by Crippen LogP contribution is 2.35. The highest BCUT2D eigenvalue weighted by atomic mass is 32.2. The fourth-order valence-electron chi connectivity index (χ4n) is 1.82. The number of H-pyrrole nitrogens is 1. The van der Waals surface area contributed by atoms with Crippen LogP contribution in [-0.4, -0.2) is 20.5 Å². The van der Waals surface area contributed by atoms with E-state index in [1.807, 2.05) is 34.7 Å². The smallest absolute Gasteiger partial charge is 0.195 e. The Hall–Kier alpha value is -0.590. The topological polar surface area (TPSA) is 33.6 Å². The zero-order valence-electron chi connectivity index (χ0n) is 8.82. The SMILES string of the molecule is Cn1c(-c2cc3c(s2)CCSC3)n[nH]c1=S. The average molecular weight is 269 g/mol. The van der Waals surface area contributed by atoms with Gasteiger partial charge in [0.25, 0.3) is 0 Å². The standard InChI is InChI=1S/C10H11N3S3/c1-13-9(11-12-10(13)14)8-4-6-5-15-3-2-7(6)16-8/h4H,2-3,5H2,1H3,(H,12,14). The van der Waals surface area contributed by atoms with Gasteiger partial charge in [0, 0.05) is 17.7 Å². The molecule has 0 aliphatic carbocycles. The molecule has 1 aliphatic heterocycles. The van der Waals surface area contributed by atoms with Gasteiger partial charge in [0.2, 0.25) is 0 Å². The fraction of sp³-hybridized carbons (Fsp3) is 0.400. The van der Waals surface area contributed by atoms with Gasteiger partial charge in [0.05, 0.1) is 4.88 Å². The molecule has 0 radical (unpaired) electrons. The molecule has 1 aliphatic rings. The Bertz CT molecular complexity index is 555. The van der Waals surface area contributed by atoms with E-state index in [1.165, 1.54) is 27.5 Å². The number of hydrogen-bond acceptors (Lipinski definition) is 4. The van der Waals surface area contributed by atoms with Crippen molar-refractivity contribution in [3.8, 4) is 10.7 Å². The number of aryl methyl sites for hydroxylation is 1. The summed E-state index contributed by atoms with van der Waals surface area (Å²) in [5, 5.41) is 7.11. The Morgan fingerprint density at radius 2 is 2.44 bits per heavy atom. The first-order valence-corrected chi connectivity index (χ1v) is 7.45. The van der Waals surface area contributed by atoms with E-state index in [-0.39, 0.29) is 0 Å². The third kappa shape index (κ3) is 1.65. The molecule has 6 heteroatoms. The molecule has 3 heterocycles. The van der Waals surface area contributed by atoms with Crippen molar-refractivity contribution >= 4 is 35.3 Å². The van der Waals surface area contributed by atoms with Crippen molar-refractivity contribution in [1.29, 1.82) is 0 Å². The van der Waals surface area contributed by atoms with Crippen molar-refractivity contribution < 1.29 is 0 Å². The molecule has 84 valence electrons. The minimum atomic E-state index is 0.677. The number of hydrogen-bond donors (Lipinski definition) is 1. The van der Waals surface area contributed by atoms with Crippen LogP contribution in [0.3, 0.4) is 0 Å². The molecule has 0 spiro atoms. The van der Waals surface area contributed by atoms with Crippen LogP contribution < -0.4 is 0 Å². The highest BCUT2D eigenvalue weighted by Gasteiger charge is 2.16. The Morgan fingerprint density at radius 3 is 3.12 bits per heavy atom. The molecular weight excluding hydrogens is 258 g/mol. The van der Waals surface area contributed by atoms with Crippen LogP contribution in [0, 0.1) is 4.77 Å². The molecule has 2 aromatic rings. The van der Waals surface area contributed by atoms with Crippen molar-refractivity contribution in [2.75, 3.05) is 5.75 Å². The van der Waals surface area contributed by atoms with Crippen molar-refractivity contribution in [3.05, 3.63) is 21.3 Å². The molecule has 0 fully saturated rings. The summed E-state index contributed by atoms with van der Waals surface area (Å²) in [5.74, 6) is 3.33. The second kappa shape index (κ2) is 4.01. The van der Waals surface area contributed by atoms with Crippen molar-refractivity contribution in [2.24, 2.45) is 7.05 Å². The second-order valence-corrected chi connectivity index (χ2v) is 6.40. The predicted molar refractivity (Wildman–Crippen MR) is 71.6 cm³/mol. The Balaban J connectivity index is 2.10. The van der Waals surface area contributed by atoms with Gasteiger partial charge in [-0.2, -0.15) is 16.9 Å². The third-order valence-electron chi connectivity index (χ3n) is 2.73. The molecule has 3 nitrogen and oxygen atoms in total. The number of fused-ring (bicyclic) bond motifs is 1. The number of aromatic amines is 1.